The Kier molecular flexibility index (Phi) is 8.04. The van der Waals surface area contributed by atoms with Crippen molar-refractivity contribution in [2.45, 2.75) is 51.6 Å². The van der Waals surface area contributed by atoms with Crippen molar-refractivity contribution in [3.8, 4) is 5.75 Å². The minimum Gasteiger partial charge on any atom is -0.497 e. The zero-order chi connectivity index (χ0) is 24.8. The second-order valence-electron chi connectivity index (χ2n) is 9.81. The third kappa shape index (κ3) is 5.82. The number of piperidine rings is 1. The van der Waals surface area contributed by atoms with Crippen molar-refractivity contribution in [1.82, 2.24) is 9.88 Å². The Morgan fingerprint density at radius 3 is 2.60 bits per heavy atom. The summed E-state index contributed by atoms with van der Waals surface area (Å²) in [6.07, 6.45) is 5.21. The third-order valence-electron chi connectivity index (χ3n) is 7.60. The summed E-state index contributed by atoms with van der Waals surface area (Å²) in [5.41, 5.74) is 3.06. The number of aliphatic carboxylic acids is 1. The molecule has 0 bridgehead atoms. The van der Waals surface area contributed by atoms with Gasteiger partial charge in [-0.2, -0.15) is 0 Å². The minimum atomic E-state index is -0.786. The van der Waals surface area contributed by atoms with E-state index < -0.39 is 17.5 Å². The molecule has 186 valence electrons. The number of likely N-dealkylation sites (tertiary alicyclic amines) is 1. The first-order chi connectivity index (χ1) is 16.9. The normalized spacial score (nSPS) is 16.8. The molecule has 0 aliphatic carbocycles. The molecule has 0 saturated carbocycles. The summed E-state index contributed by atoms with van der Waals surface area (Å²) in [7, 11) is 1.62. The fourth-order valence-electron chi connectivity index (χ4n) is 5.35. The molecule has 4 rings (SSSR count). The van der Waals surface area contributed by atoms with E-state index in [-0.39, 0.29) is 0 Å². The molecule has 1 saturated heterocycles. The summed E-state index contributed by atoms with van der Waals surface area (Å²) in [6, 6.07) is 16.1. The van der Waals surface area contributed by atoms with Crippen molar-refractivity contribution in [1.29, 1.82) is 0 Å². The lowest BCUT2D eigenvalue weighted by molar-refractivity contribution is -0.153. The van der Waals surface area contributed by atoms with Gasteiger partial charge in [0.05, 0.1) is 24.1 Å². The van der Waals surface area contributed by atoms with Gasteiger partial charge < -0.3 is 19.8 Å². The summed E-state index contributed by atoms with van der Waals surface area (Å²) in [5.74, 6) is -0.0356. The Bertz CT molecular complexity index is 1140. The number of carboxylic acids is 1. The molecule has 1 aromatic heterocycles. The maximum absolute atomic E-state index is 12.4. The Balaban J connectivity index is 1.38. The lowest BCUT2D eigenvalue weighted by Crippen LogP contribution is -2.44. The van der Waals surface area contributed by atoms with Crippen molar-refractivity contribution in [2.75, 3.05) is 26.7 Å². The molecule has 6 nitrogen and oxygen atoms in total. The number of hydrogen-bond donors (Lipinski definition) is 2. The monoisotopic (exact) mass is 476 g/mol. The predicted molar refractivity (Wildman–Crippen MR) is 138 cm³/mol. The first kappa shape index (κ1) is 25.1. The van der Waals surface area contributed by atoms with Gasteiger partial charge in [-0.1, -0.05) is 30.3 Å². The first-order valence-electron chi connectivity index (χ1n) is 12.5. The Labute approximate surface area is 207 Å². The van der Waals surface area contributed by atoms with Crippen molar-refractivity contribution >= 4 is 16.9 Å². The second-order valence-corrected chi connectivity index (χ2v) is 9.81. The third-order valence-corrected chi connectivity index (χ3v) is 7.60. The summed E-state index contributed by atoms with van der Waals surface area (Å²) in [4.78, 5) is 19.2. The highest BCUT2D eigenvalue weighted by Gasteiger charge is 2.41. The quantitative estimate of drug-likeness (QED) is 0.420. The van der Waals surface area contributed by atoms with Crippen LogP contribution < -0.4 is 4.74 Å². The number of aryl methyl sites for hydroxylation is 2. The maximum atomic E-state index is 12.4. The molecule has 1 atom stereocenters. The van der Waals surface area contributed by atoms with Gasteiger partial charge in [0, 0.05) is 11.6 Å². The number of pyridine rings is 1. The highest BCUT2D eigenvalue weighted by molar-refractivity contribution is 5.85. The molecule has 1 aliphatic heterocycles. The lowest BCUT2D eigenvalue weighted by atomic mass is 9.73. The minimum absolute atomic E-state index is 0.400. The molecule has 35 heavy (non-hydrogen) atoms. The van der Waals surface area contributed by atoms with Gasteiger partial charge in [0.25, 0.3) is 0 Å². The van der Waals surface area contributed by atoms with Crippen LogP contribution in [0.3, 0.4) is 0 Å². The Morgan fingerprint density at radius 2 is 1.91 bits per heavy atom. The molecule has 1 aliphatic rings. The number of aromatic nitrogens is 1. The zero-order valence-corrected chi connectivity index (χ0v) is 20.7. The number of rotatable bonds is 10. The largest absolute Gasteiger partial charge is 0.497 e. The first-order valence-corrected chi connectivity index (χ1v) is 12.5. The van der Waals surface area contributed by atoms with E-state index in [9.17, 15) is 15.0 Å². The van der Waals surface area contributed by atoms with Gasteiger partial charge in [0.1, 0.15) is 5.75 Å². The van der Waals surface area contributed by atoms with Crippen LogP contribution in [0.1, 0.15) is 54.9 Å². The summed E-state index contributed by atoms with van der Waals surface area (Å²) in [6.45, 7) is 4.49. The zero-order valence-electron chi connectivity index (χ0n) is 20.7. The van der Waals surface area contributed by atoms with Crippen LogP contribution in [0.4, 0.5) is 0 Å². The summed E-state index contributed by atoms with van der Waals surface area (Å²) < 4.78 is 5.37. The Hall–Kier alpha value is -2.96. The van der Waals surface area contributed by atoms with E-state index in [1.807, 2.05) is 31.2 Å². The van der Waals surface area contributed by atoms with Gasteiger partial charge in [0.2, 0.25) is 0 Å². The van der Waals surface area contributed by atoms with E-state index in [1.54, 1.807) is 13.3 Å². The molecule has 1 unspecified atom stereocenters. The van der Waals surface area contributed by atoms with E-state index >= 15 is 0 Å². The van der Waals surface area contributed by atoms with Crippen molar-refractivity contribution in [2.24, 2.45) is 5.41 Å². The van der Waals surface area contributed by atoms with Crippen molar-refractivity contribution < 1.29 is 19.7 Å². The lowest BCUT2D eigenvalue weighted by Gasteiger charge is -2.39. The fraction of sp³-hybridized carbons (Fsp3) is 0.448. The number of carboxylic acid groups (broad SMARTS) is 1. The highest BCUT2D eigenvalue weighted by atomic mass is 16.5. The molecular weight excluding hydrogens is 440 g/mol. The fourth-order valence-corrected chi connectivity index (χ4v) is 5.35. The van der Waals surface area contributed by atoms with E-state index in [0.29, 0.717) is 31.4 Å². The number of aliphatic hydroxyl groups is 1. The second kappa shape index (κ2) is 11.2. The number of nitrogens with zero attached hydrogens (tertiary/aromatic N) is 2. The van der Waals surface area contributed by atoms with Crippen LogP contribution >= 0.6 is 0 Å². The summed E-state index contributed by atoms with van der Waals surface area (Å²) >= 11 is 0. The van der Waals surface area contributed by atoms with Crippen LogP contribution in [0.25, 0.3) is 10.9 Å². The molecule has 0 spiro atoms. The van der Waals surface area contributed by atoms with Crippen molar-refractivity contribution in [3.05, 3.63) is 71.4 Å². The number of benzene rings is 2. The van der Waals surface area contributed by atoms with Crippen molar-refractivity contribution in [3.63, 3.8) is 0 Å². The molecular formula is C29H36N2O4. The van der Waals surface area contributed by atoms with Crippen LogP contribution in [0.15, 0.2) is 54.7 Å². The van der Waals surface area contributed by atoms with Crippen LogP contribution in [0.2, 0.25) is 0 Å². The number of ether oxygens (including phenoxy) is 1. The number of aliphatic hydroxyl groups excluding tert-OH is 1. The standard InChI is InChI=1S/C29H36N2O4/c1-21-20-30-25-11-10-23(35-2)19-24(25)27(21)26(32)12-13-29(28(33)34)14-17-31(18-15-29)16-6-9-22-7-4-3-5-8-22/h3-5,7-8,10-11,19-20,26,32H,6,9,12-18H2,1-2H3,(H,33,34). The molecule has 6 heteroatoms. The van der Waals surface area contributed by atoms with E-state index in [0.717, 1.165) is 54.5 Å². The smallest absolute Gasteiger partial charge is 0.309 e. The number of carbonyl (C=O) groups is 1. The summed E-state index contributed by atoms with van der Waals surface area (Å²) in [5, 5.41) is 22.2. The molecule has 3 aromatic rings. The van der Waals surface area contributed by atoms with Gasteiger partial charge >= 0.3 is 5.97 Å². The molecule has 2 aromatic carbocycles. The van der Waals surface area contributed by atoms with Gasteiger partial charge in [-0.25, -0.2) is 0 Å². The maximum Gasteiger partial charge on any atom is 0.309 e. The molecule has 0 amide bonds. The molecule has 2 heterocycles. The molecule has 1 fully saturated rings. The average molecular weight is 477 g/mol. The van der Waals surface area contributed by atoms with Gasteiger partial charge in [-0.15, -0.1) is 0 Å². The van der Waals surface area contributed by atoms with Crippen LogP contribution in [0.5, 0.6) is 5.75 Å². The molecule has 2 N–H and O–H groups in total. The van der Waals surface area contributed by atoms with E-state index in [4.69, 9.17) is 4.74 Å². The Morgan fingerprint density at radius 1 is 1.17 bits per heavy atom. The number of hydrogen-bond acceptors (Lipinski definition) is 5. The van der Waals surface area contributed by atoms with E-state index in [1.165, 1.54) is 5.56 Å². The van der Waals surface area contributed by atoms with Crippen LogP contribution in [-0.4, -0.2) is 52.8 Å². The molecule has 0 radical (unpaired) electrons. The van der Waals surface area contributed by atoms with Crippen LogP contribution in [-0.2, 0) is 11.2 Å². The predicted octanol–water partition coefficient (Wildman–Crippen LogP) is 5.17. The SMILES string of the molecule is COc1ccc2ncc(C)c(C(O)CCC3(C(=O)O)CCN(CCCc4ccccc4)CC3)c2c1. The van der Waals surface area contributed by atoms with Gasteiger partial charge in [0.15, 0.2) is 0 Å². The van der Waals surface area contributed by atoms with Gasteiger partial charge in [-0.3, -0.25) is 9.78 Å². The van der Waals surface area contributed by atoms with E-state index in [2.05, 4.69) is 34.1 Å². The highest BCUT2D eigenvalue weighted by Crippen LogP contribution is 2.40. The number of methoxy groups -OCH3 is 1. The number of fused-ring (bicyclic) bond motifs is 1. The van der Waals surface area contributed by atoms with Gasteiger partial charge in [-0.05, 0) is 100.0 Å². The van der Waals surface area contributed by atoms with Crippen LogP contribution in [0, 0.1) is 12.3 Å². The topological polar surface area (TPSA) is 82.9 Å². The average Bonchev–Trinajstić information content (AvgIpc) is 2.88.